The van der Waals surface area contributed by atoms with Gasteiger partial charge in [0.2, 0.25) is 5.91 Å². The van der Waals surface area contributed by atoms with E-state index in [4.69, 9.17) is 0 Å². The highest BCUT2D eigenvalue weighted by atomic mass is 32.2. The summed E-state index contributed by atoms with van der Waals surface area (Å²) in [5.74, 6) is 0.143. The molecule has 132 valence electrons. The zero-order valence-electron chi connectivity index (χ0n) is 14.9. The Hall–Kier alpha value is -2.53. The molecule has 1 aromatic heterocycles. The van der Waals surface area contributed by atoms with E-state index in [1.165, 1.54) is 17.3 Å². The summed E-state index contributed by atoms with van der Waals surface area (Å²) < 4.78 is 2.06. The molecule has 1 aliphatic rings. The molecule has 26 heavy (non-hydrogen) atoms. The van der Waals surface area contributed by atoms with Gasteiger partial charge >= 0.3 is 0 Å². The zero-order chi connectivity index (χ0) is 18.1. The number of carbonyl (C=O) groups is 1. The summed E-state index contributed by atoms with van der Waals surface area (Å²) in [6.45, 7) is 2.73. The SMILES string of the molecule is CC(Sc1ncc(-c2ccccc2)n1C)C(=O)N1CCc2ccccc21. The smallest absolute Gasteiger partial charge is 0.240 e. The van der Waals surface area contributed by atoms with Gasteiger partial charge in [0.1, 0.15) is 0 Å². The van der Waals surface area contributed by atoms with Crippen LogP contribution < -0.4 is 4.90 Å². The van der Waals surface area contributed by atoms with Crippen LogP contribution in [0.4, 0.5) is 5.69 Å². The molecule has 0 spiro atoms. The van der Waals surface area contributed by atoms with E-state index in [-0.39, 0.29) is 11.2 Å². The number of para-hydroxylation sites is 1. The van der Waals surface area contributed by atoms with Crippen LogP contribution in [-0.2, 0) is 18.3 Å². The van der Waals surface area contributed by atoms with Crippen molar-refractivity contribution in [3.8, 4) is 11.3 Å². The van der Waals surface area contributed by atoms with Crippen molar-refractivity contribution in [1.82, 2.24) is 9.55 Å². The number of benzene rings is 2. The number of carbonyl (C=O) groups excluding carboxylic acids is 1. The van der Waals surface area contributed by atoms with Crippen molar-refractivity contribution in [3.05, 3.63) is 66.4 Å². The fourth-order valence-corrected chi connectivity index (χ4v) is 4.29. The van der Waals surface area contributed by atoms with Crippen LogP contribution in [-0.4, -0.2) is 27.3 Å². The van der Waals surface area contributed by atoms with Crippen LogP contribution in [0, 0.1) is 0 Å². The molecule has 1 atom stereocenters. The maximum absolute atomic E-state index is 13.0. The molecule has 1 aliphatic heterocycles. The summed E-state index contributed by atoms with van der Waals surface area (Å²) in [4.78, 5) is 19.4. The molecule has 1 amide bonds. The molecule has 1 unspecified atom stereocenters. The van der Waals surface area contributed by atoms with E-state index in [2.05, 4.69) is 27.8 Å². The number of hydrogen-bond donors (Lipinski definition) is 0. The minimum atomic E-state index is -0.189. The van der Waals surface area contributed by atoms with Crippen molar-refractivity contribution in [3.63, 3.8) is 0 Å². The molecule has 0 bridgehead atoms. The van der Waals surface area contributed by atoms with Crippen molar-refractivity contribution in [1.29, 1.82) is 0 Å². The number of fused-ring (bicyclic) bond motifs is 1. The minimum absolute atomic E-state index is 0.143. The second-order valence-corrected chi connectivity index (χ2v) is 7.79. The number of imidazole rings is 1. The molecule has 4 nitrogen and oxygen atoms in total. The highest BCUT2D eigenvalue weighted by molar-refractivity contribution is 8.00. The molecule has 0 saturated carbocycles. The third-order valence-corrected chi connectivity index (χ3v) is 5.94. The van der Waals surface area contributed by atoms with E-state index in [0.29, 0.717) is 0 Å². The van der Waals surface area contributed by atoms with Crippen LogP contribution in [0.1, 0.15) is 12.5 Å². The van der Waals surface area contributed by atoms with Crippen molar-refractivity contribution < 1.29 is 4.79 Å². The van der Waals surface area contributed by atoms with E-state index in [1.807, 2.05) is 61.5 Å². The average Bonchev–Trinajstić information content (AvgIpc) is 3.26. The molecular formula is C21H21N3OS. The van der Waals surface area contributed by atoms with Crippen LogP contribution in [0.5, 0.6) is 0 Å². The van der Waals surface area contributed by atoms with Crippen LogP contribution in [0.15, 0.2) is 66.0 Å². The monoisotopic (exact) mass is 363 g/mol. The molecule has 4 rings (SSSR count). The van der Waals surface area contributed by atoms with Crippen LogP contribution in [0.25, 0.3) is 11.3 Å². The number of nitrogens with zero attached hydrogens (tertiary/aromatic N) is 3. The average molecular weight is 363 g/mol. The molecule has 2 heterocycles. The van der Waals surface area contributed by atoms with Gasteiger partial charge in [-0.25, -0.2) is 4.98 Å². The lowest BCUT2D eigenvalue weighted by Gasteiger charge is -2.21. The second kappa shape index (κ2) is 7.00. The van der Waals surface area contributed by atoms with E-state index in [9.17, 15) is 4.79 Å². The van der Waals surface area contributed by atoms with Gasteiger partial charge in [0.25, 0.3) is 0 Å². The highest BCUT2D eigenvalue weighted by Crippen LogP contribution is 2.32. The maximum Gasteiger partial charge on any atom is 0.240 e. The van der Waals surface area contributed by atoms with Gasteiger partial charge in [-0.3, -0.25) is 4.79 Å². The van der Waals surface area contributed by atoms with Gasteiger partial charge in [-0.05, 0) is 30.5 Å². The van der Waals surface area contributed by atoms with Gasteiger partial charge in [0.05, 0.1) is 17.1 Å². The van der Waals surface area contributed by atoms with Crippen LogP contribution in [0.2, 0.25) is 0 Å². The zero-order valence-corrected chi connectivity index (χ0v) is 15.7. The molecule has 0 radical (unpaired) electrons. The molecule has 0 fully saturated rings. The van der Waals surface area contributed by atoms with E-state index >= 15 is 0 Å². The topological polar surface area (TPSA) is 38.1 Å². The molecule has 2 aromatic carbocycles. The van der Waals surface area contributed by atoms with E-state index in [0.717, 1.165) is 35.1 Å². The molecule has 0 N–H and O–H groups in total. The predicted molar refractivity (Wildman–Crippen MR) is 106 cm³/mol. The molecule has 3 aromatic rings. The number of hydrogen-bond acceptors (Lipinski definition) is 3. The molecule has 0 aliphatic carbocycles. The summed E-state index contributed by atoms with van der Waals surface area (Å²) in [5, 5.41) is 0.670. The Labute approximate surface area is 157 Å². The van der Waals surface area contributed by atoms with E-state index < -0.39 is 0 Å². The summed E-state index contributed by atoms with van der Waals surface area (Å²) >= 11 is 1.52. The van der Waals surface area contributed by atoms with Crippen LogP contribution >= 0.6 is 11.8 Å². The summed E-state index contributed by atoms with van der Waals surface area (Å²) in [5.41, 5.74) is 4.48. The van der Waals surface area contributed by atoms with Crippen molar-refractivity contribution in [2.45, 2.75) is 23.8 Å². The lowest BCUT2D eigenvalue weighted by Crippen LogP contribution is -2.35. The third-order valence-electron chi connectivity index (χ3n) is 4.80. The minimum Gasteiger partial charge on any atom is -0.322 e. The Kier molecular flexibility index (Phi) is 4.55. The summed E-state index contributed by atoms with van der Waals surface area (Å²) in [6, 6.07) is 18.3. The lowest BCUT2D eigenvalue weighted by atomic mass is 10.2. The van der Waals surface area contributed by atoms with Crippen molar-refractivity contribution in [2.75, 3.05) is 11.4 Å². The number of aromatic nitrogens is 2. The van der Waals surface area contributed by atoms with Gasteiger partial charge in [-0.1, -0.05) is 60.3 Å². The fraction of sp³-hybridized carbons (Fsp3) is 0.238. The van der Waals surface area contributed by atoms with Gasteiger partial charge in [-0.2, -0.15) is 0 Å². The van der Waals surface area contributed by atoms with Gasteiger partial charge in [0, 0.05) is 19.3 Å². The maximum atomic E-state index is 13.0. The first kappa shape index (κ1) is 16.9. The number of amides is 1. The first-order valence-corrected chi connectivity index (χ1v) is 9.66. The molecule has 5 heteroatoms. The number of thioether (sulfide) groups is 1. The Balaban J connectivity index is 1.52. The second-order valence-electron chi connectivity index (χ2n) is 6.48. The number of anilines is 1. The Morgan fingerprint density at radius 1 is 1.12 bits per heavy atom. The fourth-order valence-electron chi connectivity index (χ4n) is 3.37. The lowest BCUT2D eigenvalue weighted by molar-refractivity contribution is -0.117. The van der Waals surface area contributed by atoms with Crippen LogP contribution in [0.3, 0.4) is 0 Å². The molecular weight excluding hydrogens is 342 g/mol. The third kappa shape index (κ3) is 3.03. The van der Waals surface area contributed by atoms with E-state index in [1.54, 1.807) is 0 Å². The highest BCUT2D eigenvalue weighted by Gasteiger charge is 2.29. The Bertz CT molecular complexity index is 935. The van der Waals surface area contributed by atoms with Gasteiger partial charge in [-0.15, -0.1) is 0 Å². The van der Waals surface area contributed by atoms with Gasteiger partial charge in [0.15, 0.2) is 5.16 Å². The quantitative estimate of drug-likeness (QED) is 0.654. The standard InChI is InChI=1S/C21H21N3OS/c1-15(20(25)24-13-12-17-10-6-7-11-18(17)24)26-21-22-14-19(23(21)2)16-8-4-3-5-9-16/h3-11,14-15H,12-13H2,1-2H3. The largest absolute Gasteiger partial charge is 0.322 e. The normalized spacial score (nSPS) is 14.3. The van der Waals surface area contributed by atoms with Crippen molar-refractivity contribution in [2.24, 2.45) is 7.05 Å². The molecule has 0 saturated heterocycles. The first-order chi connectivity index (χ1) is 12.6. The van der Waals surface area contributed by atoms with Crippen molar-refractivity contribution >= 4 is 23.4 Å². The summed E-state index contributed by atoms with van der Waals surface area (Å²) in [7, 11) is 2.00. The number of rotatable bonds is 4. The summed E-state index contributed by atoms with van der Waals surface area (Å²) in [6.07, 6.45) is 2.81. The predicted octanol–water partition coefficient (Wildman–Crippen LogP) is 4.16. The van der Waals surface area contributed by atoms with Gasteiger partial charge < -0.3 is 9.47 Å². The first-order valence-electron chi connectivity index (χ1n) is 8.78. The Morgan fingerprint density at radius 3 is 2.65 bits per heavy atom. The Morgan fingerprint density at radius 2 is 1.85 bits per heavy atom.